The maximum atomic E-state index is 13.9. The first-order valence-electron chi connectivity index (χ1n) is 8.05. The normalized spacial score (nSPS) is 20.7. The highest BCUT2D eigenvalue weighted by molar-refractivity contribution is 5.86. The van der Waals surface area contributed by atoms with Crippen molar-refractivity contribution >= 4 is 11.9 Å². The molecule has 1 fully saturated rings. The lowest BCUT2D eigenvalue weighted by Gasteiger charge is -2.11. The molecule has 5 nitrogen and oxygen atoms in total. The molecule has 0 saturated heterocycles. The Morgan fingerprint density at radius 2 is 1.57 bits per heavy atom. The second-order valence-corrected chi connectivity index (χ2v) is 6.81. The molecule has 28 heavy (non-hydrogen) atoms. The number of aliphatic hydroxyl groups excluding tert-OH is 1. The number of ether oxygens (including phenoxy) is 2. The Hall–Kier alpha value is -2.49. The summed E-state index contributed by atoms with van der Waals surface area (Å²) in [5.41, 5.74) is -3.17. The van der Waals surface area contributed by atoms with E-state index in [2.05, 4.69) is 4.74 Å². The van der Waals surface area contributed by atoms with Gasteiger partial charge in [0.1, 0.15) is 6.61 Å². The Morgan fingerprint density at radius 3 is 2.04 bits per heavy atom. The van der Waals surface area contributed by atoms with E-state index >= 15 is 0 Å². The molecular formula is C18H17F5O5. The number of allylic oxidation sites excluding steroid dienone is 1. The average molecular weight is 408 g/mol. The fourth-order valence-corrected chi connectivity index (χ4v) is 2.98. The number of rotatable bonds is 6. The molecule has 1 aliphatic carbocycles. The van der Waals surface area contributed by atoms with Crippen LogP contribution in [-0.4, -0.2) is 24.2 Å². The Kier molecular flexibility index (Phi) is 6.12. The predicted molar refractivity (Wildman–Crippen MR) is 84.0 cm³/mol. The molecule has 10 heteroatoms. The van der Waals surface area contributed by atoms with Crippen LogP contribution in [0.4, 0.5) is 22.0 Å². The van der Waals surface area contributed by atoms with Gasteiger partial charge in [0.05, 0.1) is 30.8 Å². The molecule has 1 aliphatic rings. The minimum absolute atomic E-state index is 0.751. The third-order valence-electron chi connectivity index (χ3n) is 4.83. The second kappa shape index (κ2) is 7.86. The van der Waals surface area contributed by atoms with Crippen LogP contribution < -0.4 is 0 Å². The molecule has 1 saturated carbocycles. The summed E-state index contributed by atoms with van der Waals surface area (Å²) in [6, 6.07) is 0. The minimum Gasteiger partial charge on any atom is -0.464 e. The summed E-state index contributed by atoms with van der Waals surface area (Å²) in [4.78, 5) is 23.3. The van der Waals surface area contributed by atoms with E-state index in [9.17, 15) is 31.5 Å². The molecule has 0 aromatic heterocycles. The number of carbonyl (C=O) groups excluding carboxylic acids is 2. The molecule has 1 aromatic carbocycles. The minimum atomic E-state index is -1.79. The number of esters is 2. The summed E-state index contributed by atoms with van der Waals surface area (Å²) in [7, 11) is 0.975. The zero-order valence-corrected chi connectivity index (χ0v) is 15.1. The molecule has 0 bridgehead atoms. The summed E-state index contributed by atoms with van der Waals surface area (Å²) in [6.45, 7) is 0.766. The van der Waals surface area contributed by atoms with E-state index < -0.39 is 82.6 Å². The smallest absolute Gasteiger partial charge is 0.366 e. The van der Waals surface area contributed by atoms with Crippen molar-refractivity contribution in [3.05, 3.63) is 46.3 Å². The lowest BCUT2D eigenvalue weighted by Crippen LogP contribution is -2.15. The van der Waals surface area contributed by atoms with Gasteiger partial charge in [0.2, 0.25) is 5.83 Å². The van der Waals surface area contributed by atoms with Gasteiger partial charge < -0.3 is 14.6 Å². The SMILES string of the molecule is COC(=O)/C(F)=C\[C@@H]1[C@H](C(=O)OCc2c(F)c(F)c(CO)c(F)c2F)C1(C)C. The van der Waals surface area contributed by atoms with E-state index in [4.69, 9.17) is 9.84 Å². The van der Waals surface area contributed by atoms with Crippen LogP contribution in [0, 0.1) is 40.5 Å². The Labute approximate surface area is 156 Å². The zero-order valence-electron chi connectivity index (χ0n) is 15.1. The summed E-state index contributed by atoms with van der Waals surface area (Å²) in [5, 5.41) is 8.79. The molecule has 0 aliphatic heterocycles. The maximum Gasteiger partial charge on any atom is 0.366 e. The van der Waals surface area contributed by atoms with E-state index in [0.29, 0.717) is 0 Å². The van der Waals surface area contributed by atoms with Gasteiger partial charge in [-0.25, -0.2) is 22.4 Å². The second-order valence-electron chi connectivity index (χ2n) is 6.81. The highest BCUT2D eigenvalue weighted by Gasteiger charge is 2.62. The van der Waals surface area contributed by atoms with Crippen molar-refractivity contribution in [1.29, 1.82) is 0 Å². The summed E-state index contributed by atoms with van der Waals surface area (Å²) >= 11 is 0. The maximum absolute atomic E-state index is 13.9. The zero-order chi connectivity index (χ0) is 21.4. The van der Waals surface area contributed by atoms with Gasteiger partial charge in [-0.15, -0.1) is 0 Å². The van der Waals surface area contributed by atoms with Crippen molar-refractivity contribution in [2.24, 2.45) is 17.3 Å². The van der Waals surface area contributed by atoms with Crippen molar-refractivity contribution in [2.75, 3.05) is 7.11 Å². The number of hydrogen-bond acceptors (Lipinski definition) is 5. The van der Waals surface area contributed by atoms with Gasteiger partial charge in [-0.2, -0.15) is 4.39 Å². The van der Waals surface area contributed by atoms with Crippen LogP contribution in [0.3, 0.4) is 0 Å². The van der Waals surface area contributed by atoms with E-state index in [1.54, 1.807) is 13.8 Å². The quantitative estimate of drug-likeness (QED) is 0.339. The largest absolute Gasteiger partial charge is 0.464 e. The number of halogens is 5. The molecule has 0 spiro atoms. The van der Waals surface area contributed by atoms with Crippen molar-refractivity contribution in [2.45, 2.75) is 27.1 Å². The molecule has 0 amide bonds. The fourth-order valence-electron chi connectivity index (χ4n) is 2.98. The highest BCUT2D eigenvalue weighted by atomic mass is 19.2. The van der Waals surface area contributed by atoms with Crippen molar-refractivity contribution in [3.63, 3.8) is 0 Å². The van der Waals surface area contributed by atoms with Gasteiger partial charge in [-0.05, 0) is 17.4 Å². The summed E-state index contributed by atoms with van der Waals surface area (Å²) in [5.74, 6) is -12.3. The fraction of sp³-hybridized carbons (Fsp3) is 0.444. The average Bonchev–Trinajstić information content (AvgIpc) is 3.19. The van der Waals surface area contributed by atoms with Crippen molar-refractivity contribution in [1.82, 2.24) is 0 Å². The van der Waals surface area contributed by atoms with Crippen LogP contribution in [-0.2, 0) is 32.3 Å². The third kappa shape index (κ3) is 3.73. The third-order valence-corrected chi connectivity index (χ3v) is 4.83. The van der Waals surface area contributed by atoms with Crippen LogP contribution >= 0.6 is 0 Å². The van der Waals surface area contributed by atoms with Crippen molar-refractivity contribution in [3.8, 4) is 0 Å². The Bertz CT molecular complexity index is 820. The van der Waals surface area contributed by atoms with Gasteiger partial charge >= 0.3 is 11.9 Å². The molecule has 1 N–H and O–H groups in total. The number of carbonyl (C=O) groups is 2. The van der Waals surface area contributed by atoms with Gasteiger partial charge in [0.15, 0.2) is 23.3 Å². The Balaban J connectivity index is 2.17. The molecule has 154 valence electrons. The molecule has 2 rings (SSSR count). The van der Waals surface area contributed by atoms with E-state index in [1.807, 2.05) is 0 Å². The molecule has 0 radical (unpaired) electrons. The van der Waals surface area contributed by atoms with Crippen LogP contribution in [0.25, 0.3) is 0 Å². The van der Waals surface area contributed by atoms with Gasteiger partial charge in [0.25, 0.3) is 0 Å². The Morgan fingerprint density at radius 1 is 1.07 bits per heavy atom. The first kappa shape index (κ1) is 21.8. The number of hydrogen-bond donors (Lipinski definition) is 1. The lowest BCUT2D eigenvalue weighted by molar-refractivity contribution is -0.147. The van der Waals surface area contributed by atoms with Crippen LogP contribution in [0.5, 0.6) is 0 Å². The predicted octanol–water partition coefficient (Wildman–Crippen LogP) is 3.08. The van der Waals surface area contributed by atoms with Crippen LogP contribution in [0.2, 0.25) is 0 Å². The number of methoxy groups -OCH3 is 1. The highest BCUT2D eigenvalue weighted by Crippen LogP contribution is 2.60. The van der Waals surface area contributed by atoms with Gasteiger partial charge in [-0.3, -0.25) is 4.79 Å². The molecule has 2 atom stereocenters. The van der Waals surface area contributed by atoms with E-state index in [-0.39, 0.29) is 0 Å². The number of benzene rings is 1. The first-order chi connectivity index (χ1) is 13.0. The molecule has 1 aromatic rings. The topological polar surface area (TPSA) is 72.8 Å². The first-order valence-corrected chi connectivity index (χ1v) is 8.05. The van der Waals surface area contributed by atoms with E-state index in [0.717, 1.165) is 13.2 Å². The molecular weight excluding hydrogens is 391 g/mol. The summed E-state index contributed by atoms with van der Waals surface area (Å²) in [6.07, 6.45) is 0.883. The summed E-state index contributed by atoms with van der Waals surface area (Å²) < 4.78 is 77.7. The van der Waals surface area contributed by atoms with Crippen LogP contribution in [0.15, 0.2) is 11.9 Å². The van der Waals surface area contributed by atoms with Crippen LogP contribution in [0.1, 0.15) is 25.0 Å². The number of aliphatic hydroxyl groups is 1. The standard InChI is InChI=1S/C18H17F5O5/c1-18(2)9(4-10(19)16(25)27-3)11(18)17(26)28-6-8-14(22)12(20)7(5-24)13(21)15(8)23/h4,9,11,24H,5-6H2,1-3H3/b10-4+/t9-,11-/m1/s1. The lowest BCUT2D eigenvalue weighted by atomic mass is 10.1. The molecule has 0 unspecified atom stereocenters. The van der Waals surface area contributed by atoms with Crippen molar-refractivity contribution < 1.29 is 46.1 Å². The monoisotopic (exact) mass is 408 g/mol. The van der Waals surface area contributed by atoms with Gasteiger partial charge in [-0.1, -0.05) is 13.8 Å². The molecule has 0 heterocycles. The van der Waals surface area contributed by atoms with E-state index in [1.165, 1.54) is 0 Å². The van der Waals surface area contributed by atoms with Gasteiger partial charge in [0, 0.05) is 0 Å².